The lowest BCUT2D eigenvalue weighted by Gasteiger charge is -2.17. The van der Waals surface area contributed by atoms with Crippen LogP contribution in [0.5, 0.6) is 11.5 Å². The number of phenolic OH excluding ortho intramolecular Hbond substituents is 1. The molecule has 0 saturated carbocycles. The van der Waals surface area contributed by atoms with Gasteiger partial charge in [0.2, 0.25) is 11.2 Å². The number of phenols is 1. The van der Waals surface area contributed by atoms with E-state index in [1.54, 1.807) is 12.1 Å². The van der Waals surface area contributed by atoms with Crippen molar-refractivity contribution in [2.45, 2.75) is 23.0 Å². The highest BCUT2D eigenvalue weighted by Gasteiger charge is 2.26. The zero-order valence-corrected chi connectivity index (χ0v) is 16.5. The number of carbonyl (C=O) groups is 1. The lowest BCUT2D eigenvalue weighted by atomic mass is 9.92. The van der Waals surface area contributed by atoms with Crippen molar-refractivity contribution < 1.29 is 24.2 Å². The standard InChI is InChI=1S/C22H20O6S/c1-27-20(25)12-18(14-6-5-7-15(23)10-14)22-21(26)19(24)11-16(28-22)13-29-17-8-3-2-4-9-17/h2-11,18,23,26H,12-13H2,1H3/t18-/m0/s1. The van der Waals surface area contributed by atoms with Crippen LogP contribution in [0.15, 0.2) is 74.8 Å². The molecule has 0 aliphatic rings. The van der Waals surface area contributed by atoms with Gasteiger partial charge >= 0.3 is 5.97 Å². The van der Waals surface area contributed by atoms with Crippen molar-refractivity contribution in [3.8, 4) is 11.5 Å². The second kappa shape index (κ2) is 9.34. The molecule has 0 saturated heterocycles. The molecule has 0 fully saturated rings. The van der Waals surface area contributed by atoms with Gasteiger partial charge in [0.25, 0.3) is 0 Å². The summed E-state index contributed by atoms with van der Waals surface area (Å²) in [6, 6.07) is 17.1. The largest absolute Gasteiger partial charge is 0.508 e. The maximum Gasteiger partial charge on any atom is 0.306 e. The molecule has 0 spiro atoms. The molecular formula is C22H20O6S. The molecule has 7 heteroatoms. The summed E-state index contributed by atoms with van der Waals surface area (Å²) in [7, 11) is 1.25. The van der Waals surface area contributed by atoms with E-state index in [2.05, 4.69) is 0 Å². The van der Waals surface area contributed by atoms with Crippen LogP contribution in [0.1, 0.15) is 29.4 Å². The van der Waals surface area contributed by atoms with E-state index in [4.69, 9.17) is 9.15 Å². The highest BCUT2D eigenvalue weighted by Crippen LogP contribution is 2.35. The van der Waals surface area contributed by atoms with Gasteiger partial charge in [0.15, 0.2) is 5.76 Å². The summed E-state index contributed by atoms with van der Waals surface area (Å²) in [5.74, 6) is -1.18. The van der Waals surface area contributed by atoms with Crippen LogP contribution in [0.3, 0.4) is 0 Å². The van der Waals surface area contributed by atoms with Gasteiger partial charge in [-0.25, -0.2) is 0 Å². The van der Waals surface area contributed by atoms with Crippen molar-refractivity contribution in [1.82, 2.24) is 0 Å². The molecule has 0 aliphatic heterocycles. The van der Waals surface area contributed by atoms with Crippen molar-refractivity contribution in [3.05, 3.63) is 88.0 Å². The molecule has 0 bridgehead atoms. The average Bonchev–Trinajstić information content (AvgIpc) is 2.73. The van der Waals surface area contributed by atoms with Gasteiger partial charge in [0.05, 0.1) is 25.2 Å². The summed E-state index contributed by atoms with van der Waals surface area (Å²) >= 11 is 1.48. The minimum Gasteiger partial charge on any atom is -0.508 e. The van der Waals surface area contributed by atoms with Crippen molar-refractivity contribution in [2.75, 3.05) is 7.11 Å². The maximum atomic E-state index is 12.3. The normalized spacial score (nSPS) is 11.8. The molecule has 29 heavy (non-hydrogen) atoms. The Labute approximate surface area is 171 Å². The third kappa shape index (κ3) is 5.20. The first kappa shape index (κ1) is 20.5. The Bertz CT molecular complexity index is 1040. The Hall–Kier alpha value is -3.19. The van der Waals surface area contributed by atoms with Crippen LogP contribution >= 0.6 is 11.8 Å². The molecule has 3 rings (SSSR count). The van der Waals surface area contributed by atoms with Crippen LogP contribution in [0.2, 0.25) is 0 Å². The fourth-order valence-electron chi connectivity index (χ4n) is 2.89. The SMILES string of the molecule is COC(=O)C[C@@H](c1cccc(O)c1)c1oc(CSc2ccccc2)cc(=O)c1O. The Balaban J connectivity index is 1.98. The van der Waals surface area contributed by atoms with Gasteiger partial charge in [0, 0.05) is 11.0 Å². The molecule has 3 aromatic rings. The minimum absolute atomic E-state index is 0.00464. The molecule has 2 aromatic carbocycles. The van der Waals surface area contributed by atoms with Crippen LogP contribution in [0, 0.1) is 0 Å². The topological polar surface area (TPSA) is 97.0 Å². The summed E-state index contributed by atoms with van der Waals surface area (Å²) in [6.07, 6.45) is -0.161. The highest BCUT2D eigenvalue weighted by molar-refractivity contribution is 7.98. The molecule has 1 aromatic heterocycles. The van der Waals surface area contributed by atoms with E-state index < -0.39 is 23.1 Å². The lowest BCUT2D eigenvalue weighted by Crippen LogP contribution is -2.14. The number of hydrogen-bond donors (Lipinski definition) is 2. The second-order valence-electron chi connectivity index (χ2n) is 6.32. The number of ether oxygens (including phenoxy) is 1. The predicted molar refractivity (Wildman–Crippen MR) is 109 cm³/mol. The minimum atomic E-state index is -0.788. The van der Waals surface area contributed by atoms with Gasteiger partial charge in [-0.05, 0) is 29.8 Å². The molecule has 0 amide bonds. The molecule has 6 nitrogen and oxygen atoms in total. The van der Waals surface area contributed by atoms with E-state index in [1.807, 2.05) is 30.3 Å². The third-order valence-corrected chi connectivity index (χ3v) is 5.35. The van der Waals surface area contributed by atoms with Gasteiger partial charge in [-0.3, -0.25) is 9.59 Å². The molecule has 0 unspecified atom stereocenters. The smallest absolute Gasteiger partial charge is 0.306 e. The fraction of sp³-hybridized carbons (Fsp3) is 0.182. The van der Waals surface area contributed by atoms with Crippen LogP contribution in [-0.4, -0.2) is 23.3 Å². The number of thioether (sulfide) groups is 1. The van der Waals surface area contributed by atoms with E-state index in [0.717, 1.165) is 4.90 Å². The summed E-state index contributed by atoms with van der Waals surface area (Å²) in [6.45, 7) is 0. The first-order valence-electron chi connectivity index (χ1n) is 8.87. The molecular weight excluding hydrogens is 392 g/mol. The van der Waals surface area contributed by atoms with Crippen LogP contribution in [0.4, 0.5) is 0 Å². The van der Waals surface area contributed by atoms with Crippen LogP contribution in [0.25, 0.3) is 0 Å². The maximum absolute atomic E-state index is 12.3. The van der Waals surface area contributed by atoms with E-state index >= 15 is 0 Å². The van der Waals surface area contributed by atoms with Gasteiger partial charge < -0.3 is 19.4 Å². The Morgan fingerprint density at radius 3 is 2.55 bits per heavy atom. The molecule has 150 valence electrons. The van der Waals surface area contributed by atoms with Gasteiger partial charge in [-0.2, -0.15) is 0 Å². The molecule has 0 radical (unpaired) electrons. The molecule has 1 heterocycles. The first-order chi connectivity index (χ1) is 14.0. The number of benzene rings is 2. The average molecular weight is 412 g/mol. The fourth-order valence-corrected chi connectivity index (χ4v) is 3.69. The number of rotatable bonds is 7. The Kier molecular flexibility index (Phi) is 6.61. The van der Waals surface area contributed by atoms with E-state index in [1.165, 1.54) is 37.1 Å². The van der Waals surface area contributed by atoms with Crippen molar-refractivity contribution in [1.29, 1.82) is 0 Å². The summed E-state index contributed by atoms with van der Waals surface area (Å²) in [4.78, 5) is 25.3. The zero-order chi connectivity index (χ0) is 20.8. The third-order valence-electron chi connectivity index (χ3n) is 4.31. The van der Waals surface area contributed by atoms with Crippen molar-refractivity contribution >= 4 is 17.7 Å². The zero-order valence-electron chi connectivity index (χ0n) is 15.7. The van der Waals surface area contributed by atoms with Crippen LogP contribution < -0.4 is 5.43 Å². The number of aromatic hydroxyl groups is 2. The van der Waals surface area contributed by atoms with Crippen molar-refractivity contribution in [3.63, 3.8) is 0 Å². The second-order valence-corrected chi connectivity index (χ2v) is 7.37. The van der Waals surface area contributed by atoms with Crippen molar-refractivity contribution in [2.24, 2.45) is 0 Å². The molecule has 2 N–H and O–H groups in total. The van der Waals surface area contributed by atoms with E-state index in [0.29, 0.717) is 17.1 Å². The van der Waals surface area contributed by atoms with Crippen LogP contribution in [-0.2, 0) is 15.3 Å². The van der Waals surface area contributed by atoms with E-state index in [-0.39, 0.29) is 17.9 Å². The quantitative estimate of drug-likeness (QED) is 0.446. The first-order valence-corrected chi connectivity index (χ1v) is 9.86. The summed E-state index contributed by atoms with van der Waals surface area (Å²) in [5, 5.41) is 20.2. The number of methoxy groups -OCH3 is 1. The summed E-state index contributed by atoms with van der Waals surface area (Å²) < 4.78 is 10.6. The monoisotopic (exact) mass is 412 g/mol. The lowest BCUT2D eigenvalue weighted by molar-refractivity contribution is -0.140. The van der Waals surface area contributed by atoms with Gasteiger partial charge in [-0.15, -0.1) is 11.8 Å². The Morgan fingerprint density at radius 2 is 1.86 bits per heavy atom. The number of carbonyl (C=O) groups excluding carboxylic acids is 1. The van der Waals surface area contributed by atoms with Gasteiger partial charge in [-0.1, -0.05) is 30.3 Å². The number of esters is 1. The van der Waals surface area contributed by atoms with Gasteiger partial charge in [0.1, 0.15) is 11.5 Å². The van der Waals surface area contributed by atoms with E-state index in [9.17, 15) is 19.8 Å². The predicted octanol–water partition coefficient (Wildman–Crippen LogP) is 4.04. The Morgan fingerprint density at radius 1 is 1.10 bits per heavy atom. The molecule has 0 aliphatic carbocycles. The number of hydrogen-bond acceptors (Lipinski definition) is 7. The highest BCUT2D eigenvalue weighted by atomic mass is 32.2. The summed E-state index contributed by atoms with van der Waals surface area (Å²) in [5.41, 5.74) is -0.0772. The molecule has 1 atom stereocenters.